The van der Waals surface area contributed by atoms with Gasteiger partial charge in [0.1, 0.15) is 0 Å². The molecule has 1 aliphatic rings. The van der Waals surface area contributed by atoms with Crippen molar-refractivity contribution in [3.8, 4) is 0 Å². The number of carbonyl (C=O) groups excluding carboxylic acids is 1. The first-order chi connectivity index (χ1) is 12.2. The summed E-state index contributed by atoms with van der Waals surface area (Å²) in [7, 11) is 0. The maximum absolute atomic E-state index is 12.8. The lowest BCUT2D eigenvalue weighted by Crippen LogP contribution is -2.43. The number of hydrogen-bond donors (Lipinski definition) is 2. The first-order valence-electron chi connectivity index (χ1n) is 8.53. The van der Waals surface area contributed by atoms with E-state index in [4.69, 9.17) is 0 Å². The van der Waals surface area contributed by atoms with Crippen LogP contribution in [-0.4, -0.2) is 17.2 Å². The van der Waals surface area contributed by atoms with Gasteiger partial charge in [0.25, 0.3) is 5.91 Å². The number of nitrogens with one attached hydrogen (secondary N) is 1. The van der Waals surface area contributed by atoms with Crippen LogP contribution in [0.15, 0.2) is 77.9 Å². The molecule has 4 nitrogen and oxygen atoms in total. The monoisotopic (exact) mass is 334 g/mol. The lowest BCUT2D eigenvalue weighted by atomic mass is 9.85. The van der Waals surface area contributed by atoms with Gasteiger partial charge in [0, 0.05) is 6.21 Å². The number of rotatable bonds is 5. The van der Waals surface area contributed by atoms with Crippen molar-refractivity contribution in [3.05, 3.63) is 83.9 Å². The summed E-state index contributed by atoms with van der Waals surface area (Å²) in [4.78, 5) is 12.8. The first kappa shape index (κ1) is 17.1. The molecule has 4 heteroatoms. The van der Waals surface area contributed by atoms with Gasteiger partial charge in [-0.3, -0.25) is 4.79 Å². The number of amides is 1. The molecule has 128 valence electrons. The molecular formula is C21H22N2O2. The van der Waals surface area contributed by atoms with Crippen molar-refractivity contribution in [1.82, 2.24) is 5.43 Å². The van der Waals surface area contributed by atoms with Crippen molar-refractivity contribution in [2.75, 3.05) is 0 Å². The summed E-state index contributed by atoms with van der Waals surface area (Å²) in [6.45, 7) is 0. The minimum Gasteiger partial charge on any atom is -0.372 e. The summed E-state index contributed by atoms with van der Waals surface area (Å²) in [6.07, 6.45) is 9.04. The van der Waals surface area contributed by atoms with E-state index >= 15 is 0 Å². The molecular weight excluding hydrogens is 312 g/mol. The number of hydrazone groups is 1. The second kappa shape index (κ2) is 7.90. The minimum atomic E-state index is -1.79. The number of aliphatic hydroxyl groups is 1. The van der Waals surface area contributed by atoms with Gasteiger partial charge in [0.15, 0.2) is 5.60 Å². The molecule has 0 fully saturated rings. The molecule has 2 aromatic rings. The Hall–Kier alpha value is -2.72. The van der Waals surface area contributed by atoms with Crippen molar-refractivity contribution >= 4 is 12.1 Å². The van der Waals surface area contributed by atoms with E-state index in [2.05, 4.69) is 22.7 Å². The smallest absolute Gasteiger partial charge is 0.281 e. The molecule has 0 aromatic heterocycles. The Morgan fingerprint density at radius 3 is 2.16 bits per heavy atom. The van der Waals surface area contributed by atoms with Crippen molar-refractivity contribution in [1.29, 1.82) is 0 Å². The molecule has 1 unspecified atom stereocenters. The Balaban J connectivity index is 1.83. The molecule has 1 amide bonds. The standard InChI is InChI=1S/C21H22N2O2/c24-20(23-22-16-17-10-4-1-5-11-17)21(25,18-12-6-2-7-13-18)19-14-8-3-9-15-19/h1-4,6-9,12-17,25H,5,10-11H2,(H,23,24)/b22-16-. The van der Waals surface area contributed by atoms with Crippen LogP contribution in [0.2, 0.25) is 0 Å². The zero-order chi connectivity index (χ0) is 17.5. The van der Waals surface area contributed by atoms with Gasteiger partial charge >= 0.3 is 0 Å². The van der Waals surface area contributed by atoms with Crippen molar-refractivity contribution in [2.24, 2.45) is 11.0 Å². The van der Waals surface area contributed by atoms with Gasteiger partial charge in [0.2, 0.25) is 0 Å². The molecule has 25 heavy (non-hydrogen) atoms. The molecule has 2 aromatic carbocycles. The molecule has 0 saturated carbocycles. The molecule has 0 saturated heterocycles. The topological polar surface area (TPSA) is 61.7 Å². The van der Waals surface area contributed by atoms with Crippen molar-refractivity contribution in [2.45, 2.75) is 24.9 Å². The highest BCUT2D eigenvalue weighted by atomic mass is 16.3. The summed E-state index contributed by atoms with van der Waals surface area (Å²) in [5.41, 5.74) is 1.76. The largest absolute Gasteiger partial charge is 0.372 e. The molecule has 0 aliphatic heterocycles. The molecule has 0 bridgehead atoms. The van der Waals surface area contributed by atoms with E-state index in [9.17, 15) is 9.90 Å². The quantitative estimate of drug-likeness (QED) is 0.500. The van der Waals surface area contributed by atoms with Crippen LogP contribution >= 0.6 is 0 Å². The van der Waals surface area contributed by atoms with E-state index in [0.717, 1.165) is 19.3 Å². The summed E-state index contributed by atoms with van der Waals surface area (Å²) in [6, 6.07) is 17.8. The number of hydrogen-bond acceptors (Lipinski definition) is 3. The van der Waals surface area contributed by atoms with Crippen LogP contribution in [0.25, 0.3) is 0 Å². The van der Waals surface area contributed by atoms with Crippen LogP contribution in [0.3, 0.4) is 0 Å². The second-order valence-electron chi connectivity index (χ2n) is 6.21. The second-order valence-corrected chi connectivity index (χ2v) is 6.21. The third-order valence-electron chi connectivity index (χ3n) is 4.47. The number of carbonyl (C=O) groups is 1. The summed E-state index contributed by atoms with van der Waals surface area (Å²) >= 11 is 0. The maximum Gasteiger partial charge on any atom is 0.281 e. The Morgan fingerprint density at radius 2 is 1.64 bits per heavy atom. The van der Waals surface area contributed by atoms with E-state index in [1.165, 1.54) is 0 Å². The average molecular weight is 334 g/mol. The Bertz CT molecular complexity index is 714. The highest BCUT2D eigenvalue weighted by Gasteiger charge is 2.39. The molecule has 0 spiro atoms. The van der Waals surface area contributed by atoms with E-state index in [0.29, 0.717) is 17.0 Å². The van der Waals surface area contributed by atoms with Crippen molar-refractivity contribution < 1.29 is 9.90 Å². The zero-order valence-electron chi connectivity index (χ0n) is 14.0. The van der Waals surface area contributed by atoms with Gasteiger partial charge in [-0.1, -0.05) is 72.8 Å². The summed E-state index contributed by atoms with van der Waals surface area (Å²) in [5, 5.41) is 15.4. The molecule has 1 atom stereocenters. The molecule has 3 rings (SSSR count). The average Bonchev–Trinajstić information content (AvgIpc) is 2.69. The van der Waals surface area contributed by atoms with E-state index in [1.807, 2.05) is 12.1 Å². The van der Waals surface area contributed by atoms with E-state index < -0.39 is 11.5 Å². The summed E-state index contributed by atoms with van der Waals surface area (Å²) in [5.74, 6) is -0.237. The molecule has 1 aliphatic carbocycles. The number of nitrogens with zero attached hydrogens (tertiary/aromatic N) is 1. The zero-order valence-corrected chi connectivity index (χ0v) is 14.0. The van der Waals surface area contributed by atoms with Gasteiger partial charge in [-0.05, 0) is 36.3 Å². The maximum atomic E-state index is 12.8. The van der Waals surface area contributed by atoms with Crippen LogP contribution < -0.4 is 5.43 Å². The SMILES string of the molecule is O=C(N/N=C\C1CC=CCC1)C(O)(c1ccccc1)c1ccccc1. The normalized spacial score (nSPS) is 17.6. The summed E-state index contributed by atoms with van der Waals surface area (Å²) < 4.78 is 0. The van der Waals surface area contributed by atoms with Gasteiger partial charge < -0.3 is 5.11 Å². The van der Waals surface area contributed by atoms with Crippen LogP contribution in [0.5, 0.6) is 0 Å². The third kappa shape index (κ3) is 3.86. The van der Waals surface area contributed by atoms with Gasteiger partial charge in [-0.25, -0.2) is 5.43 Å². The van der Waals surface area contributed by atoms with Gasteiger partial charge in [0.05, 0.1) is 0 Å². The van der Waals surface area contributed by atoms with Crippen LogP contribution in [0.4, 0.5) is 0 Å². The fraction of sp³-hybridized carbons (Fsp3) is 0.238. The fourth-order valence-electron chi connectivity index (χ4n) is 3.02. The van der Waals surface area contributed by atoms with E-state index in [-0.39, 0.29) is 0 Å². The Labute approximate surface area is 147 Å². The van der Waals surface area contributed by atoms with E-state index in [1.54, 1.807) is 54.7 Å². The van der Waals surface area contributed by atoms with Gasteiger partial charge in [-0.2, -0.15) is 5.10 Å². The van der Waals surface area contributed by atoms with Crippen LogP contribution in [0, 0.1) is 5.92 Å². The predicted molar refractivity (Wildman–Crippen MR) is 99.0 cm³/mol. The lowest BCUT2D eigenvalue weighted by molar-refractivity contribution is -0.136. The lowest BCUT2D eigenvalue weighted by Gasteiger charge is -2.27. The molecule has 0 heterocycles. The van der Waals surface area contributed by atoms with Crippen molar-refractivity contribution in [3.63, 3.8) is 0 Å². The number of benzene rings is 2. The Kier molecular flexibility index (Phi) is 5.41. The highest BCUT2D eigenvalue weighted by Crippen LogP contribution is 2.29. The predicted octanol–water partition coefficient (Wildman–Crippen LogP) is 3.38. The van der Waals surface area contributed by atoms with Crippen LogP contribution in [0.1, 0.15) is 30.4 Å². The third-order valence-corrected chi connectivity index (χ3v) is 4.47. The highest BCUT2D eigenvalue weighted by molar-refractivity contribution is 5.90. The minimum absolute atomic E-state index is 0.326. The molecule has 0 radical (unpaired) electrons. The fourth-order valence-corrected chi connectivity index (χ4v) is 3.02. The first-order valence-corrected chi connectivity index (χ1v) is 8.53. The van der Waals surface area contributed by atoms with Gasteiger partial charge in [-0.15, -0.1) is 0 Å². The number of allylic oxidation sites excluding steroid dienone is 2. The molecule has 2 N–H and O–H groups in total. The Morgan fingerprint density at radius 1 is 1.04 bits per heavy atom. The van der Waals surface area contributed by atoms with Crippen LogP contribution in [-0.2, 0) is 10.4 Å².